The van der Waals surface area contributed by atoms with Crippen LogP contribution in [0.25, 0.3) is 22.2 Å². The number of piperidine rings is 1. The van der Waals surface area contributed by atoms with Gasteiger partial charge in [0.05, 0.1) is 0 Å². The van der Waals surface area contributed by atoms with Gasteiger partial charge in [0.2, 0.25) is 5.95 Å². The Morgan fingerprint density at radius 1 is 1.11 bits per heavy atom. The largest absolute Gasteiger partial charge is 0.444 e. The molecule has 2 saturated heterocycles. The van der Waals surface area contributed by atoms with Gasteiger partial charge in [0.1, 0.15) is 11.2 Å². The van der Waals surface area contributed by atoms with E-state index in [9.17, 15) is 9.59 Å². The number of benzene rings is 1. The fourth-order valence-corrected chi connectivity index (χ4v) is 5.30. The summed E-state index contributed by atoms with van der Waals surface area (Å²) in [5.74, 6) is 0.471. The molecule has 0 saturated carbocycles. The zero-order chi connectivity index (χ0) is 26.9. The van der Waals surface area contributed by atoms with Gasteiger partial charge in [0, 0.05) is 66.1 Å². The zero-order valence-corrected chi connectivity index (χ0v) is 22.8. The maximum atomic E-state index is 13.9. The molecule has 4 heterocycles. The number of anilines is 1. The second-order valence-corrected chi connectivity index (χ2v) is 11.3. The summed E-state index contributed by atoms with van der Waals surface area (Å²) in [5, 5.41) is 4.73. The van der Waals surface area contributed by atoms with Crippen molar-refractivity contribution in [2.45, 2.75) is 64.1 Å². The molecule has 5 rings (SSSR count). The monoisotopic (exact) mass is 539 g/mol. The summed E-state index contributed by atoms with van der Waals surface area (Å²) in [6.07, 6.45) is 4.44. The summed E-state index contributed by atoms with van der Waals surface area (Å²) in [5.41, 5.74) is 1.19. The number of likely N-dealkylation sites (tertiary alicyclic amines) is 1. The summed E-state index contributed by atoms with van der Waals surface area (Å²) in [6, 6.07) is 9.29. The third-order valence-electron chi connectivity index (χ3n) is 6.97. The number of nitrogens with zero attached hydrogens (tertiary/aromatic N) is 4. The van der Waals surface area contributed by atoms with Crippen molar-refractivity contribution in [1.29, 1.82) is 0 Å². The van der Waals surface area contributed by atoms with Crippen LogP contribution < -0.4 is 10.9 Å². The zero-order valence-electron chi connectivity index (χ0n) is 22.1. The highest BCUT2D eigenvalue weighted by atomic mass is 35.5. The van der Waals surface area contributed by atoms with E-state index in [1.165, 1.54) is 0 Å². The van der Waals surface area contributed by atoms with Gasteiger partial charge in [0.25, 0.3) is 5.56 Å². The number of carbonyl (C=O) groups excluding carboxylic acids is 1. The number of carbonyl (C=O) groups is 1. The number of nitrogens with one attached hydrogen (secondary N) is 1. The van der Waals surface area contributed by atoms with Gasteiger partial charge in [0.15, 0.2) is 0 Å². The number of ether oxygens (including phenoxy) is 2. The molecule has 38 heavy (non-hydrogen) atoms. The van der Waals surface area contributed by atoms with Crippen molar-refractivity contribution in [2.75, 3.05) is 31.6 Å². The molecular formula is C28H34ClN5O4. The molecule has 2 aliphatic heterocycles. The topological polar surface area (TPSA) is 98.6 Å². The lowest BCUT2D eigenvalue weighted by molar-refractivity contribution is 0.0210. The second kappa shape index (κ2) is 10.9. The van der Waals surface area contributed by atoms with Crippen LogP contribution in [0, 0.1) is 0 Å². The van der Waals surface area contributed by atoms with Crippen LogP contribution in [0.5, 0.6) is 0 Å². The summed E-state index contributed by atoms with van der Waals surface area (Å²) in [6.45, 7) is 7.99. The fraction of sp³-hybridized carbons (Fsp3) is 0.500. The fourth-order valence-electron chi connectivity index (χ4n) is 5.06. The Labute approximate surface area is 227 Å². The summed E-state index contributed by atoms with van der Waals surface area (Å²) < 4.78 is 12.9. The summed E-state index contributed by atoms with van der Waals surface area (Å²) in [4.78, 5) is 37.4. The number of aromatic nitrogens is 3. The molecule has 0 radical (unpaired) electrons. The quantitative estimate of drug-likeness (QED) is 0.482. The van der Waals surface area contributed by atoms with Gasteiger partial charge < -0.3 is 19.7 Å². The van der Waals surface area contributed by atoms with Gasteiger partial charge in [-0.15, -0.1) is 0 Å². The van der Waals surface area contributed by atoms with E-state index >= 15 is 0 Å². The number of hydrogen-bond donors (Lipinski definition) is 1. The van der Waals surface area contributed by atoms with Crippen LogP contribution in [0.15, 0.2) is 41.3 Å². The number of rotatable bonds is 4. The molecule has 1 N–H and O–H groups in total. The van der Waals surface area contributed by atoms with Crippen LogP contribution in [-0.2, 0) is 9.47 Å². The van der Waals surface area contributed by atoms with E-state index in [4.69, 9.17) is 26.1 Å². The van der Waals surface area contributed by atoms with Crippen LogP contribution in [0.4, 0.5) is 10.7 Å². The van der Waals surface area contributed by atoms with Crippen molar-refractivity contribution in [3.8, 4) is 11.1 Å². The van der Waals surface area contributed by atoms with Crippen LogP contribution in [-0.4, -0.2) is 63.5 Å². The molecule has 0 spiro atoms. The molecule has 10 heteroatoms. The number of amides is 1. The predicted octanol–water partition coefficient (Wildman–Crippen LogP) is 5.27. The first-order chi connectivity index (χ1) is 18.2. The van der Waals surface area contributed by atoms with Crippen LogP contribution >= 0.6 is 11.6 Å². The van der Waals surface area contributed by atoms with Crippen molar-refractivity contribution >= 4 is 34.7 Å². The van der Waals surface area contributed by atoms with Crippen molar-refractivity contribution in [1.82, 2.24) is 19.4 Å². The second-order valence-electron chi connectivity index (χ2n) is 10.9. The minimum absolute atomic E-state index is 0.0268. The van der Waals surface area contributed by atoms with E-state index < -0.39 is 5.60 Å². The standard InChI is InChI=1S/C28H34ClN5O4/c1-28(2,3)38-27(36)33-12-8-19(9-13-33)31-26-30-17-18-16-22(21-6-4-5-7-23(21)29)25(35)34(24(18)32-26)20-10-14-37-15-11-20/h4-7,16-17,19-20H,8-15H2,1-3H3,(H,30,31,32). The first kappa shape index (κ1) is 26.4. The molecule has 1 aromatic carbocycles. The van der Waals surface area contributed by atoms with Gasteiger partial charge in [-0.2, -0.15) is 4.98 Å². The molecule has 0 atom stereocenters. The Balaban J connectivity index is 1.42. The molecule has 2 fully saturated rings. The van der Waals surface area contributed by atoms with E-state index in [1.807, 2.05) is 45.0 Å². The lowest BCUT2D eigenvalue weighted by Crippen LogP contribution is -2.44. The maximum Gasteiger partial charge on any atom is 0.410 e. The number of halogens is 1. The SMILES string of the molecule is CC(C)(C)OC(=O)N1CCC(Nc2ncc3cc(-c4ccccc4Cl)c(=O)n(C4CCOCC4)c3n2)CC1. The van der Waals surface area contributed by atoms with Gasteiger partial charge in [-0.3, -0.25) is 9.36 Å². The lowest BCUT2D eigenvalue weighted by Gasteiger charge is -2.33. The van der Waals surface area contributed by atoms with Crippen molar-refractivity contribution < 1.29 is 14.3 Å². The minimum atomic E-state index is -0.517. The smallest absolute Gasteiger partial charge is 0.410 e. The van der Waals surface area contributed by atoms with E-state index in [1.54, 1.807) is 21.7 Å². The van der Waals surface area contributed by atoms with Crippen molar-refractivity contribution in [2.24, 2.45) is 0 Å². The summed E-state index contributed by atoms with van der Waals surface area (Å²) >= 11 is 6.47. The molecule has 0 bridgehead atoms. The first-order valence-electron chi connectivity index (χ1n) is 13.2. The molecule has 2 aromatic heterocycles. The maximum absolute atomic E-state index is 13.9. The van der Waals surface area contributed by atoms with Crippen molar-refractivity contribution in [3.05, 3.63) is 51.9 Å². The number of hydrogen-bond acceptors (Lipinski definition) is 7. The van der Waals surface area contributed by atoms with E-state index in [2.05, 4.69) is 10.3 Å². The lowest BCUT2D eigenvalue weighted by atomic mass is 10.0. The Bertz CT molecular complexity index is 1370. The number of pyridine rings is 1. The first-order valence-corrected chi connectivity index (χ1v) is 13.6. The average molecular weight is 540 g/mol. The summed E-state index contributed by atoms with van der Waals surface area (Å²) in [7, 11) is 0. The van der Waals surface area contributed by atoms with Crippen LogP contribution in [0.3, 0.4) is 0 Å². The van der Waals surface area contributed by atoms with Gasteiger partial charge in [-0.1, -0.05) is 29.8 Å². The normalized spacial score (nSPS) is 17.5. The van der Waals surface area contributed by atoms with Gasteiger partial charge >= 0.3 is 6.09 Å². The third kappa shape index (κ3) is 5.78. The highest BCUT2D eigenvalue weighted by Gasteiger charge is 2.28. The highest BCUT2D eigenvalue weighted by Crippen LogP contribution is 2.30. The third-order valence-corrected chi connectivity index (χ3v) is 7.30. The van der Waals surface area contributed by atoms with E-state index in [0.29, 0.717) is 54.0 Å². The van der Waals surface area contributed by atoms with Crippen LogP contribution in [0.1, 0.15) is 52.5 Å². The molecule has 2 aliphatic rings. The molecule has 202 valence electrons. The predicted molar refractivity (Wildman–Crippen MR) is 148 cm³/mol. The van der Waals surface area contributed by atoms with E-state index in [-0.39, 0.29) is 23.7 Å². The molecule has 0 aliphatic carbocycles. The van der Waals surface area contributed by atoms with Crippen LogP contribution in [0.2, 0.25) is 5.02 Å². The Morgan fingerprint density at radius 2 is 1.82 bits per heavy atom. The highest BCUT2D eigenvalue weighted by molar-refractivity contribution is 6.33. The Kier molecular flexibility index (Phi) is 7.59. The van der Waals surface area contributed by atoms with E-state index in [0.717, 1.165) is 31.1 Å². The van der Waals surface area contributed by atoms with Gasteiger partial charge in [-0.05, 0) is 58.6 Å². The molecule has 3 aromatic rings. The van der Waals surface area contributed by atoms with Crippen molar-refractivity contribution in [3.63, 3.8) is 0 Å². The number of fused-ring (bicyclic) bond motifs is 1. The molecule has 9 nitrogen and oxygen atoms in total. The Hall–Kier alpha value is -3.17. The van der Waals surface area contributed by atoms with Gasteiger partial charge in [-0.25, -0.2) is 9.78 Å². The molecular weight excluding hydrogens is 506 g/mol. The molecule has 0 unspecified atom stereocenters. The minimum Gasteiger partial charge on any atom is -0.444 e. The average Bonchev–Trinajstić information content (AvgIpc) is 2.89. The Morgan fingerprint density at radius 3 is 2.50 bits per heavy atom. The molecule has 1 amide bonds.